The van der Waals surface area contributed by atoms with Gasteiger partial charge in [0.1, 0.15) is 0 Å². The highest BCUT2D eigenvalue weighted by Crippen LogP contribution is 2.35. The Kier molecular flexibility index (Phi) is 3.49. The van der Waals surface area contributed by atoms with E-state index in [0.29, 0.717) is 29.2 Å². The minimum Gasteiger partial charge on any atom is -0.330 e. The van der Waals surface area contributed by atoms with Crippen LogP contribution in [0.1, 0.15) is 29.1 Å². The van der Waals surface area contributed by atoms with E-state index in [1.165, 1.54) is 6.20 Å². The first-order chi connectivity index (χ1) is 6.45. The van der Waals surface area contributed by atoms with Crippen molar-refractivity contribution in [1.82, 2.24) is 4.98 Å². The summed E-state index contributed by atoms with van der Waals surface area (Å²) < 4.78 is 36.5. The van der Waals surface area contributed by atoms with E-state index in [1.807, 2.05) is 6.92 Å². The third-order valence-corrected chi connectivity index (χ3v) is 3.13. The number of nitrogens with zero attached hydrogens (tertiary/aromatic N) is 1. The molecule has 1 rings (SSSR count). The molecule has 0 amide bonds. The maximum Gasteiger partial charge on any atom is 0.443 e. The molecule has 80 valence electrons. The zero-order chi connectivity index (χ0) is 10.8. The van der Waals surface area contributed by atoms with Crippen molar-refractivity contribution in [2.24, 2.45) is 5.73 Å². The quantitative estimate of drug-likeness (QED) is 0.857. The Morgan fingerprint density at radius 3 is 2.64 bits per heavy atom. The molecular formula is C8H11F3N2S. The fraction of sp³-hybridized carbons (Fsp3) is 0.625. The van der Waals surface area contributed by atoms with Crippen molar-refractivity contribution in [3.8, 4) is 0 Å². The van der Waals surface area contributed by atoms with Gasteiger partial charge in [0.05, 0.1) is 0 Å². The van der Waals surface area contributed by atoms with E-state index in [1.54, 1.807) is 0 Å². The van der Waals surface area contributed by atoms with Gasteiger partial charge in [0.25, 0.3) is 0 Å². The van der Waals surface area contributed by atoms with Gasteiger partial charge >= 0.3 is 6.18 Å². The zero-order valence-corrected chi connectivity index (χ0v) is 8.45. The maximum atomic E-state index is 12.2. The van der Waals surface area contributed by atoms with E-state index in [9.17, 15) is 13.2 Å². The van der Waals surface area contributed by atoms with Crippen molar-refractivity contribution in [2.45, 2.75) is 25.4 Å². The topological polar surface area (TPSA) is 38.9 Å². The predicted octanol–water partition coefficient (Wildman–Crippen LogP) is 2.61. The van der Waals surface area contributed by atoms with Crippen LogP contribution in [0, 0.1) is 0 Å². The van der Waals surface area contributed by atoms with Crippen LogP contribution in [0.4, 0.5) is 13.2 Å². The smallest absolute Gasteiger partial charge is 0.330 e. The molecule has 0 saturated heterocycles. The molecule has 1 atom stereocenters. The van der Waals surface area contributed by atoms with Crippen molar-refractivity contribution in [3.05, 3.63) is 16.1 Å². The van der Waals surface area contributed by atoms with Gasteiger partial charge in [0.15, 0.2) is 5.01 Å². The molecule has 6 heteroatoms. The van der Waals surface area contributed by atoms with Crippen LogP contribution in [-0.2, 0) is 6.18 Å². The van der Waals surface area contributed by atoms with Gasteiger partial charge in [-0.3, -0.25) is 0 Å². The highest BCUT2D eigenvalue weighted by atomic mass is 32.1. The van der Waals surface area contributed by atoms with Gasteiger partial charge in [-0.15, -0.1) is 11.3 Å². The molecule has 0 spiro atoms. The molecule has 0 radical (unpaired) electrons. The number of hydrogen-bond acceptors (Lipinski definition) is 3. The first-order valence-electron chi connectivity index (χ1n) is 4.18. The Hall–Kier alpha value is -0.620. The average Bonchev–Trinajstić information content (AvgIpc) is 2.51. The van der Waals surface area contributed by atoms with Gasteiger partial charge in [-0.2, -0.15) is 13.2 Å². The van der Waals surface area contributed by atoms with Gasteiger partial charge < -0.3 is 5.73 Å². The van der Waals surface area contributed by atoms with Crippen LogP contribution < -0.4 is 5.73 Å². The van der Waals surface area contributed by atoms with Crippen LogP contribution in [0.15, 0.2) is 6.20 Å². The van der Waals surface area contributed by atoms with Gasteiger partial charge in [-0.25, -0.2) is 4.98 Å². The summed E-state index contributed by atoms with van der Waals surface area (Å²) in [4.78, 5) is 3.98. The van der Waals surface area contributed by atoms with Crippen molar-refractivity contribution in [2.75, 3.05) is 6.54 Å². The molecule has 0 saturated carbocycles. The summed E-state index contributed by atoms with van der Waals surface area (Å²) in [6.45, 7) is 2.32. The summed E-state index contributed by atoms with van der Waals surface area (Å²) in [6, 6.07) is 0. The maximum absolute atomic E-state index is 12.2. The summed E-state index contributed by atoms with van der Waals surface area (Å²) in [5.74, 6) is 0.0496. The molecule has 1 aromatic rings. The van der Waals surface area contributed by atoms with Crippen LogP contribution in [-0.4, -0.2) is 11.5 Å². The average molecular weight is 224 g/mol. The lowest BCUT2D eigenvalue weighted by Crippen LogP contribution is -2.03. The minimum atomic E-state index is -4.33. The van der Waals surface area contributed by atoms with Crippen LogP contribution >= 0.6 is 11.3 Å². The van der Waals surface area contributed by atoms with E-state index in [4.69, 9.17) is 5.73 Å². The van der Waals surface area contributed by atoms with E-state index < -0.39 is 11.2 Å². The van der Waals surface area contributed by atoms with E-state index in [0.717, 1.165) is 0 Å². The lowest BCUT2D eigenvalue weighted by molar-refractivity contribution is -0.137. The van der Waals surface area contributed by atoms with Gasteiger partial charge in [0, 0.05) is 11.1 Å². The summed E-state index contributed by atoms with van der Waals surface area (Å²) in [6.07, 6.45) is -2.36. The monoisotopic (exact) mass is 224 g/mol. The van der Waals surface area contributed by atoms with E-state index >= 15 is 0 Å². The largest absolute Gasteiger partial charge is 0.443 e. The Bertz CT molecular complexity index is 295. The van der Waals surface area contributed by atoms with Crippen molar-refractivity contribution >= 4 is 11.3 Å². The highest BCUT2D eigenvalue weighted by molar-refractivity contribution is 7.11. The van der Waals surface area contributed by atoms with Crippen molar-refractivity contribution in [1.29, 1.82) is 0 Å². The predicted molar refractivity (Wildman–Crippen MR) is 49.2 cm³/mol. The fourth-order valence-corrected chi connectivity index (χ4v) is 1.91. The van der Waals surface area contributed by atoms with Gasteiger partial charge in [-0.05, 0) is 18.9 Å². The molecule has 1 unspecified atom stereocenters. The molecular weight excluding hydrogens is 213 g/mol. The Morgan fingerprint density at radius 2 is 2.21 bits per heavy atom. The second-order valence-electron chi connectivity index (χ2n) is 3.04. The molecule has 1 aromatic heterocycles. The molecule has 0 aliphatic rings. The number of halogens is 3. The number of thiazole rings is 1. The molecule has 0 fully saturated rings. The van der Waals surface area contributed by atoms with Crippen molar-refractivity contribution < 1.29 is 13.2 Å². The van der Waals surface area contributed by atoms with Crippen LogP contribution in [0.25, 0.3) is 0 Å². The zero-order valence-electron chi connectivity index (χ0n) is 7.64. The van der Waals surface area contributed by atoms with E-state index in [2.05, 4.69) is 4.98 Å². The Labute approximate surface area is 84.0 Å². The SMILES string of the molecule is CC(CCN)c1cnc(C(F)(F)F)s1. The number of hydrogen-bond donors (Lipinski definition) is 1. The van der Waals surface area contributed by atoms with Gasteiger partial charge in [-0.1, -0.05) is 6.92 Å². The molecule has 0 bridgehead atoms. The molecule has 2 N–H and O–H groups in total. The summed E-state index contributed by atoms with van der Waals surface area (Å²) in [5.41, 5.74) is 5.32. The minimum absolute atomic E-state index is 0.0496. The molecule has 14 heavy (non-hydrogen) atoms. The van der Waals surface area contributed by atoms with Crippen LogP contribution in [0.2, 0.25) is 0 Å². The number of nitrogens with two attached hydrogens (primary N) is 1. The summed E-state index contributed by atoms with van der Waals surface area (Å²) in [7, 11) is 0. The number of aromatic nitrogens is 1. The molecule has 0 aliphatic heterocycles. The van der Waals surface area contributed by atoms with E-state index in [-0.39, 0.29) is 5.92 Å². The second kappa shape index (κ2) is 4.27. The van der Waals surface area contributed by atoms with Crippen LogP contribution in [0.5, 0.6) is 0 Å². The molecule has 2 nitrogen and oxygen atoms in total. The lowest BCUT2D eigenvalue weighted by atomic mass is 10.1. The normalized spacial score (nSPS) is 14.4. The first-order valence-corrected chi connectivity index (χ1v) is 4.99. The molecule has 0 aromatic carbocycles. The van der Waals surface area contributed by atoms with Gasteiger partial charge in [0.2, 0.25) is 0 Å². The summed E-state index contributed by atoms with van der Waals surface area (Å²) in [5, 5.41) is -0.781. The van der Waals surface area contributed by atoms with Crippen molar-refractivity contribution in [3.63, 3.8) is 0 Å². The first kappa shape index (κ1) is 11.5. The number of alkyl halides is 3. The molecule has 0 aliphatic carbocycles. The summed E-state index contributed by atoms with van der Waals surface area (Å²) >= 11 is 0.696. The fourth-order valence-electron chi connectivity index (χ4n) is 1.04. The third kappa shape index (κ3) is 2.68. The molecule has 1 heterocycles. The lowest BCUT2D eigenvalue weighted by Gasteiger charge is -2.05. The highest BCUT2D eigenvalue weighted by Gasteiger charge is 2.34. The standard InChI is InChI=1S/C8H11F3N2S/c1-5(2-3-12)6-4-13-7(14-6)8(9,10)11/h4-5H,2-3,12H2,1H3. The number of rotatable bonds is 3. The second-order valence-corrected chi connectivity index (χ2v) is 4.11. The van der Waals surface area contributed by atoms with Crippen LogP contribution in [0.3, 0.4) is 0 Å². The Balaban J connectivity index is 2.78. The third-order valence-electron chi connectivity index (χ3n) is 1.85. The Morgan fingerprint density at radius 1 is 1.57 bits per heavy atom.